The predicted octanol–water partition coefficient (Wildman–Crippen LogP) is 4.28. The molecule has 2 heterocycles. The zero-order valence-corrected chi connectivity index (χ0v) is 20.7. The monoisotopic (exact) mass is 482 g/mol. The smallest absolute Gasteiger partial charge is 0.270 e. The first-order valence-corrected chi connectivity index (χ1v) is 12.2. The molecule has 3 N–H and O–H groups in total. The van der Waals surface area contributed by atoms with Crippen LogP contribution in [0.3, 0.4) is 0 Å². The number of hydrogen-bond acceptors (Lipinski definition) is 4. The molecular weight excluding hydrogens is 452 g/mol. The second kappa shape index (κ2) is 9.81. The van der Waals surface area contributed by atoms with E-state index in [2.05, 4.69) is 38.1 Å². The number of amides is 2. The van der Waals surface area contributed by atoms with Crippen molar-refractivity contribution in [2.45, 2.75) is 45.1 Å². The molecule has 5 rings (SSSR count). The lowest BCUT2D eigenvalue weighted by atomic mass is 9.78. The molecule has 8 nitrogen and oxygen atoms in total. The molecule has 0 radical (unpaired) electrons. The number of carbonyl (C=O) groups excluding carboxylic acids is 2. The standard InChI is InChI=1S/C28H30N6O2/c1-17-25(18(2)33-32-17)20-11-13-21(14-12-20)30-28(36)26(31-27(35)24-15-16-29-34(24)3)23-10-6-8-19-7-4-5-9-22(19)23/h4-5,7,9,11-16,23,26H,6,8,10H2,1-3H3,(H,30,36)(H,31,35)(H,32,33)/t23-,26-/m0/s1. The number of aryl methyl sites for hydroxylation is 4. The van der Waals surface area contributed by atoms with Crippen LogP contribution in [0.1, 0.15) is 51.8 Å². The van der Waals surface area contributed by atoms with Gasteiger partial charge in [0.1, 0.15) is 11.7 Å². The molecule has 1 aliphatic rings. The van der Waals surface area contributed by atoms with E-state index in [0.29, 0.717) is 11.4 Å². The number of benzene rings is 2. The highest BCUT2D eigenvalue weighted by Gasteiger charge is 2.34. The third kappa shape index (κ3) is 4.54. The lowest BCUT2D eigenvalue weighted by molar-refractivity contribution is -0.118. The molecular formula is C28H30N6O2. The van der Waals surface area contributed by atoms with E-state index in [-0.39, 0.29) is 17.7 Å². The van der Waals surface area contributed by atoms with E-state index < -0.39 is 6.04 Å². The fourth-order valence-corrected chi connectivity index (χ4v) is 5.21. The molecule has 8 heteroatoms. The number of nitrogens with zero attached hydrogens (tertiary/aromatic N) is 3. The summed E-state index contributed by atoms with van der Waals surface area (Å²) < 4.78 is 1.51. The van der Waals surface area contributed by atoms with Crippen LogP contribution >= 0.6 is 0 Å². The molecule has 1 aliphatic carbocycles. The first kappa shape index (κ1) is 23.5. The van der Waals surface area contributed by atoms with Crippen molar-refractivity contribution in [1.82, 2.24) is 25.3 Å². The summed E-state index contributed by atoms with van der Waals surface area (Å²) in [6.07, 6.45) is 4.33. The van der Waals surface area contributed by atoms with Gasteiger partial charge in [0.05, 0.1) is 5.69 Å². The molecule has 0 aliphatic heterocycles. The average molecular weight is 483 g/mol. The van der Waals surface area contributed by atoms with Crippen molar-refractivity contribution >= 4 is 17.5 Å². The molecule has 0 bridgehead atoms. The highest BCUT2D eigenvalue weighted by molar-refractivity contribution is 6.01. The molecule has 0 spiro atoms. The molecule has 36 heavy (non-hydrogen) atoms. The topological polar surface area (TPSA) is 105 Å². The van der Waals surface area contributed by atoms with Gasteiger partial charge >= 0.3 is 0 Å². The number of hydrogen-bond donors (Lipinski definition) is 3. The maximum atomic E-state index is 13.7. The minimum absolute atomic E-state index is 0.123. The van der Waals surface area contributed by atoms with Gasteiger partial charge in [0.25, 0.3) is 5.91 Å². The van der Waals surface area contributed by atoms with Gasteiger partial charge in [-0.15, -0.1) is 0 Å². The number of aromatic nitrogens is 4. The third-order valence-electron chi connectivity index (χ3n) is 7.01. The Hall–Kier alpha value is -4.20. The van der Waals surface area contributed by atoms with E-state index in [4.69, 9.17) is 0 Å². The zero-order valence-electron chi connectivity index (χ0n) is 20.7. The highest BCUT2D eigenvalue weighted by Crippen LogP contribution is 2.35. The summed E-state index contributed by atoms with van der Waals surface area (Å²) in [5.41, 5.74) is 7.45. The van der Waals surface area contributed by atoms with Crippen molar-refractivity contribution in [3.63, 3.8) is 0 Å². The molecule has 2 aromatic carbocycles. The average Bonchev–Trinajstić information content (AvgIpc) is 3.47. The lowest BCUT2D eigenvalue weighted by Crippen LogP contribution is -2.48. The van der Waals surface area contributed by atoms with Crippen LogP contribution in [0.25, 0.3) is 11.1 Å². The molecule has 184 valence electrons. The van der Waals surface area contributed by atoms with E-state index in [1.54, 1.807) is 19.3 Å². The van der Waals surface area contributed by atoms with Crippen molar-refractivity contribution in [3.8, 4) is 11.1 Å². The van der Waals surface area contributed by atoms with Crippen molar-refractivity contribution < 1.29 is 9.59 Å². The second-order valence-corrected chi connectivity index (χ2v) is 9.36. The van der Waals surface area contributed by atoms with Gasteiger partial charge in [-0.05, 0) is 68.0 Å². The van der Waals surface area contributed by atoms with Gasteiger partial charge in [-0.25, -0.2) is 0 Å². The normalized spacial score (nSPS) is 15.7. The SMILES string of the molecule is Cc1n[nH]c(C)c1-c1ccc(NC(=O)[C@@H](NC(=O)c2ccnn2C)[C@H]2CCCc3ccccc32)cc1. The molecule has 0 unspecified atom stereocenters. The van der Waals surface area contributed by atoms with Gasteiger partial charge < -0.3 is 10.6 Å². The maximum Gasteiger partial charge on any atom is 0.270 e. The van der Waals surface area contributed by atoms with Crippen LogP contribution in [0.2, 0.25) is 0 Å². The van der Waals surface area contributed by atoms with Crippen molar-refractivity contribution in [3.05, 3.63) is 89.0 Å². The number of anilines is 1. The van der Waals surface area contributed by atoms with E-state index in [1.165, 1.54) is 10.2 Å². The first-order valence-electron chi connectivity index (χ1n) is 12.2. The summed E-state index contributed by atoms with van der Waals surface area (Å²) in [5, 5.41) is 17.4. The van der Waals surface area contributed by atoms with Crippen LogP contribution in [0.5, 0.6) is 0 Å². The molecule has 2 aromatic heterocycles. The minimum atomic E-state index is -0.730. The van der Waals surface area contributed by atoms with E-state index in [0.717, 1.165) is 47.3 Å². The van der Waals surface area contributed by atoms with Crippen LogP contribution in [-0.2, 0) is 18.3 Å². The van der Waals surface area contributed by atoms with Gasteiger partial charge in [-0.1, -0.05) is 36.4 Å². The Labute approximate surface area is 210 Å². The van der Waals surface area contributed by atoms with Crippen LogP contribution in [0.15, 0.2) is 60.8 Å². The lowest BCUT2D eigenvalue weighted by Gasteiger charge is -2.32. The van der Waals surface area contributed by atoms with E-state index >= 15 is 0 Å². The summed E-state index contributed by atoms with van der Waals surface area (Å²) in [7, 11) is 1.71. The van der Waals surface area contributed by atoms with Crippen LogP contribution in [0, 0.1) is 13.8 Å². The Morgan fingerprint density at radius 1 is 1.08 bits per heavy atom. The van der Waals surface area contributed by atoms with Gasteiger partial charge in [0, 0.05) is 36.1 Å². The number of rotatable bonds is 6. The Kier molecular flexibility index (Phi) is 6.41. The van der Waals surface area contributed by atoms with Crippen molar-refractivity contribution in [1.29, 1.82) is 0 Å². The third-order valence-corrected chi connectivity index (χ3v) is 7.01. The molecule has 0 fully saturated rings. The molecule has 0 saturated heterocycles. The molecule has 0 saturated carbocycles. The summed E-state index contributed by atoms with van der Waals surface area (Å²) in [6, 6.07) is 16.8. The first-order chi connectivity index (χ1) is 17.4. The van der Waals surface area contributed by atoms with Crippen LogP contribution in [-0.4, -0.2) is 37.8 Å². The van der Waals surface area contributed by atoms with Crippen LogP contribution < -0.4 is 10.6 Å². The Morgan fingerprint density at radius 3 is 2.56 bits per heavy atom. The van der Waals surface area contributed by atoms with Crippen molar-refractivity contribution in [2.75, 3.05) is 5.32 Å². The van der Waals surface area contributed by atoms with Gasteiger partial charge in [-0.2, -0.15) is 10.2 Å². The number of fused-ring (bicyclic) bond motifs is 1. The number of aromatic amines is 1. The Morgan fingerprint density at radius 2 is 1.86 bits per heavy atom. The molecule has 4 aromatic rings. The molecule has 2 atom stereocenters. The number of nitrogens with one attached hydrogen (secondary N) is 3. The van der Waals surface area contributed by atoms with Crippen LogP contribution in [0.4, 0.5) is 5.69 Å². The Balaban J connectivity index is 1.42. The quantitative estimate of drug-likeness (QED) is 0.381. The van der Waals surface area contributed by atoms with Crippen molar-refractivity contribution in [2.24, 2.45) is 7.05 Å². The highest BCUT2D eigenvalue weighted by atomic mass is 16.2. The van der Waals surface area contributed by atoms with Gasteiger partial charge in [0.2, 0.25) is 5.91 Å². The maximum absolute atomic E-state index is 13.7. The molecule has 2 amide bonds. The fourth-order valence-electron chi connectivity index (χ4n) is 5.21. The van der Waals surface area contributed by atoms with Gasteiger partial charge in [0.15, 0.2) is 0 Å². The van der Waals surface area contributed by atoms with E-state index in [9.17, 15) is 9.59 Å². The van der Waals surface area contributed by atoms with E-state index in [1.807, 2.05) is 50.2 Å². The summed E-state index contributed by atoms with van der Waals surface area (Å²) in [5.74, 6) is -0.683. The number of carbonyl (C=O) groups is 2. The fraction of sp³-hybridized carbons (Fsp3) is 0.286. The summed E-state index contributed by atoms with van der Waals surface area (Å²) >= 11 is 0. The zero-order chi connectivity index (χ0) is 25.2. The second-order valence-electron chi connectivity index (χ2n) is 9.36. The number of H-pyrrole nitrogens is 1. The van der Waals surface area contributed by atoms with Gasteiger partial charge in [-0.3, -0.25) is 19.4 Å². The largest absolute Gasteiger partial charge is 0.338 e. The summed E-state index contributed by atoms with van der Waals surface area (Å²) in [6.45, 7) is 3.95. The summed E-state index contributed by atoms with van der Waals surface area (Å²) in [4.78, 5) is 26.8. The minimum Gasteiger partial charge on any atom is -0.338 e. The Bertz CT molecular complexity index is 1380. The predicted molar refractivity (Wildman–Crippen MR) is 139 cm³/mol.